The molecule has 1 aromatic carbocycles. The number of carbonyl (C=O) groups is 1. The predicted octanol–water partition coefficient (Wildman–Crippen LogP) is 3.52. The second-order valence-corrected chi connectivity index (χ2v) is 5.47. The number of ether oxygens (including phenoxy) is 1. The minimum absolute atomic E-state index is 0.164. The van der Waals surface area contributed by atoms with Gasteiger partial charge < -0.3 is 14.5 Å². The normalized spacial score (nSPS) is 12.5. The number of hydrogen-bond donors (Lipinski definition) is 1. The molecule has 1 unspecified atom stereocenters. The summed E-state index contributed by atoms with van der Waals surface area (Å²) in [5.41, 5.74) is 0.988. The van der Waals surface area contributed by atoms with Crippen LogP contribution in [0.1, 0.15) is 17.4 Å². The van der Waals surface area contributed by atoms with Crippen molar-refractivity contribution in [2.24, 2.45) is 0 Å². The van der Waals surface area contributed by atoms with E-state index in [0.29, 0.717) is 12.3 Å². The molecule has 0 aliphatic rings. The lowest BCUT2D eigenvalue weighted by molar-refractivity contribution is -0.117. The summed E-state index contributed by atoms with van der Waals surface area (Å²) in [7, 11) is 1.59. The van der Waals surface area contributed by atoms with Gasteiger partial charge in [0.25, 0.3) is 0 Å². The molecular formula is C17H19NO3S. The molecule has 116 valence electrons. The first-order valence-corrected chi connectivity index (χ1v) is 8.11. The number of methoxy groups -OCH3 is 1. The van der Waals surface area contributed by atoms with Crippen LogP contribution in [0.5, 0.6) is 0 Å². The number of nitrogens with one attached hydrogen (secondary N) is 1. The summed E-state index contributed by atoms with van der Waals surface area (Å²) in [5.74, 6) is 0.530. The first-order chi connectivity index (χ1) is 10.7. The molecule has 4 nitrogen and oxygen atoms in total. The van der Waals surface area contributed by atoms with E-state index >= 15 is 0 Å². The zero-order chi connectivity index (χ0) is 15.8. The minimum atomic E-state index is -0.284. The molecule has 0 saturated heterocycles. The van der Waals surface area contributed by atoms with Gasteiger partial charge in [-0.15, -0.1) is 11.8 Å². The summed E-state index contributed by atoms with van der Waals surface area (Å²) < 4.78 is 10.6. The van der Waals surface area contributed by atoms with Gasteiger partial charge in [-0.2, -0.15) is 0 Å². The summed E-state index contributed by atoms with van der Waals surface area (Å²) in [5, 5.41) is 2.80. The third-order valence-corrected chi connectivity index (χ3v) is 3.89. The highest BCUT2D eigenvalue weighted by atomic mass is 32.2. The second-order valence-electron chi connectivity index (χ2n) is 4.59. The van der Waals surface area contributed by atoms with E-state index < -0.39 is 0 Å². The number of thioether (sulfide) groups is 1. The zero-order valence-electron chi connectivity index (χ0n) is 12.6. The zero-order valence-corrected chi connectivity index (χ0v) is 13.4. The summed E-state index contributed by atoms with van der Waals surface area (Å²) >= 11 is 1.69. The van der Waals surface area contributed by atoms with Crippen LogP contribution in [0.2, 0.25) is 0 Å². The van der Waals surface area contributed by atoms with Crippen LogP contribution < -0.4 is 5.32 Å². The number of carbonyl (C=O) groups excluding carboxylic acids is 1. The fraction of sp³-hybridized carbons (Fsp3) is 0.235. The molecule has 5 heteroatoms. The molecule has 0 bridgehead atoms. The Balaban J connectivity index is 1.85. The Morgan fingerprint density at radius 3 is 2.73 bits per heavy atom. The maximum Gasteiger partial charge on any atom is 0.244 e. The first kappa shape index (κ1) is 16.4. The molecule has 0 aliphatic carbocycles. The van der Waals surface area contributed by atoms with Crippen LogP contribution in [0.3, 0.4) is 0 Å². The van der Waals surface area contributed by atoms with Gasteiger partial charge in [-0.3, -0.25) is 4.79 Å². The summed E-state index contributed by atoms with van der Waals surface area (Å²) in [4.78, 5) is 13.0. The molecule has 1 heterocycles. The minimum Gasteiger partial charge on any atom is -0.467 e. The van der Waals surface area contributed by atoms with Gasteiger partial charge in [0.1, 0.15) is 11.9 Å². The van der Waals surface area contributed by atoms with Crippen molar-refractivity contribution in [1.82, 2.24) is 5.32 Å². The van der Waals surface area contributed by atoms with E-state index in [0.717, 1.165) is 5.56 Å². The van der Waals surface area contributed by atoms with Crippen LogP contribution in [0, 0.1) is 0 Å². The van der Waals surface area contributed by atoms with Crippen molar-refractivity contribution in [3.63, 3.8) is 0 Å². The van der Waals surface area contributed by atoms with Gasteiger partial charge in [-0.05, 0) is 42.2 Å². The standard InChI is InChI=1S/C17H19NO3S/c1-20-16(15-4-3-11-21-15)12-18-17(19)10-7-13-5-8-14(22-2)9-6-13/h3-11,16H,12H2,1-2H3,(H,18,19). The molecule has 0 radical (unpaired) electrons. The van der Waals surface area contributed by atoms with Crippen molar-refractivity contribution >= 4 is 23.7 Å². The SMILES string of the molecule is COC(CNC(=O)C=Cc1ccc(SC)cc1)c1ccco1. The Morgan fingerprint density at radius 2 is 2.14 bits per heavy atom. The van der Waals surface area contributed by atoms with Crippen molar-refractivity contribution in [3.05, 3.63) is 60.1 Å². The molecular weight excluding hydrogens is 298 g/mol. The monoisotopic (exact) mass is 317 g/mol. The fourth-order valence-electron chi connectivity index (χ4n) is 1.91. The van der Waals surface area contributed by atoms with Crippen LogP contribution >= 0.6 is 11.8 Å². The van der Waals surface area contributed by atoms with Gasteiger partial charge in [0, 0.05) is 18.1 Å². The summed E-state index contributed by atoms with van der Waals surface area (Å²) in [6.07, 6.45) is 6.63. The van der Waals surface area contributed by atoms with E-state index in [1.54, 1.807) is 37.3 Å². The number of benzene rings is 1. The van der Waals surface area contributed by atoms with E-state index in [1.165, 1.54) is 11.0 Å². The topological polar surface area (TPSA) is 51.5 Å². The van der Waals surface area contributed by atoms with Crippen molar-refractivity contribution in [1.29, 1.82) is 0 Å². The molecule has 2 rings (SSSR count). The average molecular weight is 317 g/mol. The van der Waals surface area contributed by atoms with Gasteiger partial charge in [0.05, 0.1) is 12.8 Å². The number of furan rings is 1. The Bertz CT molecular complexity index is 605. The van der Waals surface area contributed by atoms with Gasteiger partial charge >= 0.3 is 0 Å². The highest BCUT2D eigenvalue weighted by Gasteiger charge is 2.13. The molecule has 0 fully saturated rings. The van der Waals surface area contributed by atoms with Crippen molar-refractivity contribution in [2.45, 2.75) is 11.0 Å². The highest BCUT2D eigenvalue weighted by molar-refractivity contribution is 7.98. The molecule has 1 amide bonds. The largest absolute Gasteiger partial charge is 0.467 e. The molecule has 1 N–H and O–H groups in total. The van der Waals surface area contributed by atoms with Crippen LogP contribution in [0.25, 0.3) is 6.08 Å². The van der Waals surface area contributed by atoms with Gasteiger partial charge in [-0.1, -0.05) is 12.1 Å². The third-order valence-electron chi connectivity index (χ3n) is 3.15. The molecule has 2 aromatic rings. The van der Waals surface area contributed by atoms with E-state index in [4.69, 9.17) is 9.15 Å². The highest BCUT2D eigenvalue weighted by Crippen LogP contribution is 2.16. The van der Waals surface area contributed by atoms with E-state index in [9.17, 15) is 4.79 Å². The molecule has 0 spiro atoms. The summed E-state index contributed by atoms with van der Waals surface area (Å²) in [6.45, 7) is 0.360. The molecule has 0 aliphatic heterocycles. The van der Waals surface area contributed by atoms with Gasteiger partial charge in [0.2, 0.25) is 5.91 Å². The number of hydrogen-bond acceptors (Lipinski definition) is 4. The second kappa shape index (κ2) is 8.46. The first-order valence-electron chi connectivity index (χ1n) is 6.89. The Kier molecular flexibility index (Phi) is 6.30. The molecule has 1 atom stereocenters. The lowest BCUT2D eigenvalue weighted by Gasteiger charge is -2.12. The Morgan fingerprint density at radius 1 is 1.36 bits per heavy atom. The summed E-state index contributed by atoms with van der Waals surface area (Å²) in [6, 6.07) is 11.6. The molecule has 0 saturated carbocycles. The smallest absolute Gasteiger partial charge is 0.244 e. The number of amides is 1. The van der Waals surface area contributed by atoms with Gasteiger partial charge in [-0.25, -0.2) is 0 Å². The third kappa shape index (κ3) is 4.79. The van der Waals surface area contributed by atoms with Crippen molar-refractivity contribution in [2.75, 3.05) is 19.9 Å². The van der Waals surface area contributed by atoms with Crippen LogP contribution in [0.15, 0.2) is 58.1 Å². The van der Waals surface area contributed by atoms with E-state index in [1.807, 2.05) is 36.6 Å². The van der Waals surface area contributed by atoms with E-state index in [-0.39, 0.29) is 12.0 Å². The lowest BCUT2D eigenvalue weighted by atomic mass is 10.2. The quantitative estimate of drug-likeness (QED) is 0.627. The maximum absolute atomic E-state index is 11.8. The maximum atomic E-state index is 11.8. The predicted molar refractivity (Wildman–Crippen MR) is 88.7 cm³/mol. The van der Waals surface area contributed by atoms with Crippen molar-refractivity contribution < 1.29 is 13.9 Å². The lowest BCUT2D eigenvalue weighted by Crippen LogP contribution is -2.27. The van der Waals surface area contributed by atoms with Crippen LogP contribution in [-0.2, 0) is 9.53 Å². The number of rotatable bonds is 7. The van der Waals surface area contributed by atoms with Gasteiger partial charge in [0.15, 0.2) is 0 Å². The Hall–Kier alpha value is -1.98. The Labute approximate surface area is 134 Å². The average Bonchev–Trinajstić information content (AvgIpc) is 3.08. The molecule has 22 heavy (non-hydrogen) atoms. The van der Waals surface area contributed by atoms with E-state index in [2.05, 4.69) is 5.32 Å². The fourth-order valence-corrected chi connectivity index (χ4v) is 2.32. The van der Waals surface area contributed by atoms with Crippen LogP contribution in [-0.4, -0.2) is 25.8 Å². The van der Waals surface area contributed by atoms with Crippen molar-refractivity contribution in [3.8, 4) is 0 Å². The molecule has 1 aromatic heterocycles. The van der Waals surface area contributed by atoms with Crippen LogP contribution in [0.4, 0.5) is 0 Å².